The van der Waals surface area contributed by atoms with Gasteiger partial charge in [-0.05, 0) is 81.4 Å². The molecule has 4 aromatic rings. The molecule has 0 saturated heterocycles. The third kappa shape index (κ3) is 9.53. The van der Waals surface area contributed by atoms with E-state index < -0.39 is 0 Å². The quantitative estimate of drug-likeness (QED) is 0.118. The fourth-order valence-corrected chi connectivity index (χ4v) is 5.48. The molecule has 4 rings (SSSR count). The summed E-state index contributed by atoms with van der Waals surface area (Å²) in [6.45, 7) is 4.42. The number of aromatic nitrogens is 2. The van der Waals surface area contributed by atoms with Gasteiger partial charge in [0.25, 0.3) is 0 Å². The van der Waals surface area contributed by atoms with Crippen LogP contribution in [0.15, 0.2) is 54.9 Å². The molecule has 0 amide bonds. The van der Waals surface area contributed by atoms with Crippen LogP contribution >= 0.6 is 22.9 Å². The van der Waals surface area contributed by atoms with Gasteiger partial charge < -0.3 is 15.0 Å². The summed E-state index contributed by atoms with van der Waals surface area (Å²) in [5.74, 6) is 7.58. The molecule has 2 heterocycles. The molecule has 6 nitrogen and oxygen atoms in total. The Hall–Kier alpha value is -3.51. The normalized spacial score (nSPS) is 11.0. The number of benzene rings is 2. The maximum Gasteiger partial charge on any atom is 0.151 e. The van der Waals surface area contributed by atoms with Gasteiger partial charge in [0.15, 0.2) is 5.82 Å². The third-order valence-electron chi connectivity index (χ3n) is 6.36. The predicted octanol–water partition coefficient (Wildman–Crippen LogP) is 8.02. The minimum absolute atomic E-state index is 0.211. The van der Waals surface area contributed by atoms with Crippen LogP contribution in [-0.4, -0.2) is 40.8 Å². The Morgan fingerprint density at radius 1 is 1.12 bits per heavy atom. The molecule has 2 aromatic heterocycles. The van der Waals surface area contributed by atoms with E-state index >= 15 is 0 Å². The van der Waals surface area contributed by atoms with Crippen LogP contribution in [0.2, 0.25) is 5.02 Å². The summed E-state index contributed by atoms with van der Waals surface area (Å²) in [6, 6.07) is 13.6. The second kappa shape index (κ2) is 15.5. The van der Waals surface area contributed by atoms with Crippen molar-refractivity contribution in [3.05, 3.63) is 76.1 Å². The summed E-state index contributed by atoms with van der Waals surface area (Å²) < 4.78 is 20.1. The van der Waals surface area contributed by atoms with E-state index in [1.165, 1.54) is 29.8 Å². The number of rotatable bonds is 14. The molecule has 214 valence electrons. The third-order valence-corrected chi connectivity index (χ3v) is 7.70. The maximum atomic E-state index is 13.4. The molecule has 0 aliphatic rings. The van der Waals surface area contributed by atoms with Gasteiger partial charge in [0.1, 0.15) is 30.3 Å². The van der Waals surface area contributed by atoms with E-state index in [1.807, 2.05) is 12.1 Å². The predicted molar refractivity (Wildman–Crippen MR) is 166 cm³/mol. The summed E-state index contributed by atoms with van der Waals surface area (Å²) >= 11 is 7.97. The number of carbonyl (C=O) groups excluding carboxylic acids is 1. The lowest BCUT2D eigenvalue weighted by molar-refractivity contribution is -0.119. The van der Waals surface area contributed by atoms with Gasteiger partial charge in [-0.3, -0.25) is 4.79 Å². The first-order valence-electron chi connectivity index (χ1n) is 13.8. The number of halogens is 2. The lowest BCUT2D eigenvalue weighted by atomic mass is 10.1. The van der Waals surface area contributed by atoms with Crippen LogP contribution in [0, 0.1) is 17.7 Å². The molecule has 0 atom stereocenters. The number of nitrogens with zero attached hydrogens (tertiary/aromatic N) is 3. The van der Waals surface area contributed by atoms with Gasteiger partial charge in [0, 0.05) is 24.9 Å². The fraction of sp³-hybridized carbons (Fsp3) is 0.344. The minimum Gasteiger partial charge on any atom is -0.487 e. The number of thiophene rings is 1. The van der Waals surface area contributed by atoms with Crippen molar-refractivity contribution >= 4 is 50.4 Å². The van der Waals surface area contributed by atoms with Crippen molar-refractivity contribution in [1.82, 2.24) is 14.9 Å². The Labute approximate surface area is 249 Å². The average Bonchev–Trinajstić information content (AvgIpc) is 3.37. The van der Waals surface area contributed by atoms with Gasteiger partial charge in [-0.25, -0.2) is 14.4 Å². The highest BCUT2D eigenvalue weighted by Crippen LogP contribution is 2.33. The molecule has 0 spiro atoms. The Morgan fingerprint density at radius 2 is 1.98 bits per heavy atom. The zero-order valence-corrected chi connectivity index (χ0v) is 25.0. The number of fused-ring (bicyclic) bond motifs is 1. The molecule has 2 aromatic carbocycles. The van der Waals surface area contributed by atoms with Crippen LogP contribution < -0.4 is 10.1 Å². The number of anilines is 2. The van der Waals surface area contributed by atoms with Gasteiger partial charge in [-0.1, -0.05) is 42.5 Å². The number of carbonyl (C=O) groups is 1. The first-order valence-corrected chi connectivity index (χ1v) is 15.0. The smallest absolute Gasteiger partial charge is 0.151 e. The van der Waals surface area contributed by atoms with Crippen LogP contribution in [0.3, 0.4) is 0 Å². The number of hydrogen-bond acceptors (Lipinski definition) is 7. The minimum atomic E-state index is -0.306. The molecule has 41 heavy (non-hydrogen) atoms. The summed E-state index contributed by atoms with van der Waals surface area (Å²) in [5, 5.41) is 3.74. The summed E-state index contributed by atoms with van der Waals surface area (Å²) in [4.78, 5) is 24.1. The van der Waals surface area contributed by atoms with E-state index in [2.05, 4.69) is 46.0 Å². The number of hydrogen-bond donors (Lipinski definition) is 1. The molecule has 1 N–H and O–H groups in total. The van der Waals surface area contributed by atoms with Crippen molar-refractivity contribution in [3.63, 3.8) is 0 Å². The number of unbranched alkanes of at least 4 members (excludes halogenated alkanes) is 1. The van der Waals surface area contributed by atoms with E-state index in [0.29, 0.717) is 41.6 Å². The lowest BCUT2D eigenvalue weighted by Gasteiger charge is -2.14. The largest absolute Gasteiger partial charge is 0.487 e. The molecule has 0 fully saturated rings. The zero-order valence-electron chi connectivity index (χ0n) is 23.4. The first-order chi connectivity index (χ1) is 19.9. The number of ether oxygens (including phenoxy) is 1. The van der Waals surface area contributed by atoms with E-state index in [4.69, 9.17) is 16.3 Å². The van der Waals surface area contributed by atoms with Crippen LogP contribution in [0.4, 0.5) is 15.9 Å². The van der Waals surface area contributed by atoms with Crippen LogP contribution in [0.5, 0.6) is 5.75 Å². The van der Waals surface area contributed by atoms with Gasteiger partial charge in [0.05, 0.1) is 20.1 Å². The van der Waals surface area contributed by atoms with Crippen LogP contribution in [-0.2, 0) is 11.4 Å². The maximum absolute atomic E-state index is 13.4. The van der Waals surface area contributed by atoms with Crippen molar-refractivity contribution in [2.24, 2.45) is 0 Å². The standard InChI is InChI=1S/C32H34ClFN4O2S/c1-3-16-38(2)17-8-12-26(39)11-5-4-6-13-27-20-29-31(41-27)32(36-22-35-29)37-25-14-15-30(28(33)19-25)40-21-23-9-7-10-24(34)18-23/h7,9-10,14-15,18-20,22H,3-5,8,11-12,16-17,21H2,1-2H3,(H,35,36,37). The molecule has 9 heteroatoms. The monoisotopic (exact) mass is 592 g/mol. The first kappa shape index (κ1) is 30.4. The number of ketones is 1. The highest BCUT2D eigenvalue weighted by atomic mass is 35.5. The van der Waals surface area contributed by atoms with E-state index in [9.17, 15) is 9.18 Å². The van der Waals surface area contributed by atoms with Gasteiger partial charge in [-0.2, -0.15) is 0 Å². The Bertz CT molecular complexity index is 1530. The van der Waals surface area contributed by atoms with E-state index in [0.717, 1.165) is 58.7 Å². The molecule has 0 aliphatic heterocycles. The second-order valence-corrected chi connectivity index (χ2v) is 11.3. The van der Waals surface area contributed by atoms with Crippen LogP contribution in [0.1, 0.15) is 55.9 Å². The topological polar surface area (TPSA) is 67.4 Å². The summed E-state index contributed by atoms with van der Waals surface area (Å²) in [6.07, 6.45) is 6.24. The molecular formula is C32H34ClFN4O2S. The Balaban J connectivity index is 1.29. The molecule has 0 radical (unpaired) electrons. The van der Waals surface area contributed by atoms with E-state index in [1.54, 1.807) is 24.3 Å². The second-order valence-electron chi connectivity index (χ2n) is 9.84. The molecule has 0 saturated carbocycles. The summed E-state index contributed by atoms with van der Waals surface area (Å²) in [5.41, 5.74) is 2.27. The fourth-order valence-electron chi connectivity index (χ4n) is 4.31. The highest BCUT2D eigenvalue weighted by Gasteiger charge is 2.11. The number of Topliss-reactive ketones (excluding diaryl/α,β-unsaturated/α-hetero) is 1. The molecule has 0 unspecified atom stereocenters. The number of nitrogens with one attached hydrogen (secondary N) is 1. The van der Waals surface area contributed by atoms with Gasteiger partial charge >= 0.3 is 0 Å². The van der Waals surface area contributed by atoms with Gasteiger partial charge in [0.2, 0.25) is 0 Å². The Morgan fingerprint density at radius 3 is 2.78 bits per heavy atom. The molecular weight excluding hydrogens is 559 g/mol. The van der Waals surface area contributed by atoms with Crippen molar-refractivity contribution < 1.29 is 13.9 Å². The van der Waals surface area contributed by atoms with Gasteiger partial charge in [-0.15, -0.1) is 11.3 Å². The lowest BCUT2D eigenvalue weighted by Crippen LogP contribution is -2.20. The average molecular weight is 593 g/mol. The van der Waals surface area contributed by atoms with Crippen molar-refractivity contribution in [2.45, 2.75) is 52.1 Å². The van der Waals surface area contributed by atoms with Crippen molar-refractivity contribution in [1.29, 1.82) is 0 Å². The summed E-state index contributed by atoms with van der Waals surface area (Å²) in [7, 11) is 2.10. The SMILES string of the molecule is CCCN(C)CCCC(=O)CCCC#Cc1cc2ncnc(Nc3ccc(OCc4cccc(F)c4)c(Cl)c3)c2s1. The molecule has 0 aliphatic carbocycles. The highest BCUT2D eigenvalue weighted by molar-refractivity contribution is 7.20. The molecule has 0 bridgehead atoms. The van der Waals surface area contributed by atoms with Crippen molar-refractivity contribution in [3.8, 4) is 17.6 Å². The van der Waals surface area contributed by atoms with Crippen molar-refractivity contribution in [2.75, 3.05) is 25.5 Å². The zero-order chi connectivity index (χ0) is 29.0. The Kier molecular flexibility index (Phi) is 11.5. The van der Waals surface area contributed by atoms with E-state index in [-0.39, 0.29) is 12.4 Å². The van der Waals surface area contributed by atoms with Crippen LogP contribution in [0.25, 0.3) is 10.2 Å².